The van der Waals surface area contributed by atoms with E-state index >= 15 is 0 Å². The maximum Gasteiger partial charge on any atom is 0.189 e. The topological polar surface area (TPSA) is 32.9 Å². The summed E-state index contributed by atoms with van der Waals surface area (Å²) in [6.45, 7) is 0. The second-order valence-corrected chi connectivity index (χ2v) is 4.61. The summed E-state index contributed by atoms with van der Waals surface area (Å²) < 4.78 is 13.6. The van der Waals surface area contributed by atoms with Crippen LogP contribution in [-0.2, 0) is 0 Å². The summed E-state index contributed by atoms with van der Waals surface area (Å²) in [5.41, 5.74) is 0.926. The molecule has 0 amide bonds. The molecule has 3 rings (SSSR count). The van der Waals surface area contributed by atoms with Gasteiger partial charge in [0.05, 0.1) is 5.52 Å². The van der Waals surface area contributed by atoms with Crippen LogP contribution in [0, 0.1) is 5.82 Å². The van der Waals surface area contributed by atoms with E-state index < -0.39 is 5.82 Å². The van der Waals surface area contributed by atoms with E-state index in [-0.39, 0.29) is 16.0 Å². The molecule has 1 aliphatic carbocycles. The highest BCUT2D eigenvalue weighted by molar-refractivity contribution is 6.31. The molecule has 1 aromatic heterocycles. The van der Waals surface area contributed by atoms with Crippen molar-refractivity contribution in [3.63, 3.8) is 0 Å². The minimum Gasteiger partial charge on any atom is -0.356 e. The van der Waals surface area contributed by atoms with Gasteiger partial charge in [-0.05, 0) is 30.9 Å². The quantitative estimate of drug-likeness (QED) is 0.812. The minimum atomic E-state index is -0.470. The molecule has 1 saturated carbocycles. The molecule has 0 radical (unpaired) electrons. The van der Waals surface area contributed by atoms with Crippen LogP contribution < -0.4 is 5.43 Å². The van der Waals surface area contributed by atoms with Crippen LogP contribution in [0.5, 0.6) is 0 Å². The van der Waals surface area contributed by atoms with Gasteiger partial charge in [-0.15, -0.1) is 0 Å². The Morgan fingerprint density at radius 2 is 2.06 bits per heavy atom. The Bertz CT molecular complexity index is 631. The fraction of sp³-hybridized carbons (Fsp3) is 0.250. The molecule has 0 aliphatic heterocycles. The molecule has 0 atom stereocenters. The summed E-state index contributed by atoms with van der Waals surface area (Å²) in [5.74, 6) is -0.0747. The molecule has 16 heavy (non-hydrogen) atoms. The Morgan fingerprint density at radius 3 is 2.75 bits per heavy atom. The lowest BCUT2D eigenvalue weighted by Gasteiger charge is -2.04. The van der Waals surface area contributed by atoms with Crippen molar-refractivity contribution in [2.45, 2.75) is 18.8 Å². The molecule has 0 unspecified atom stereocenters. The minimum absolute atomic E-state index is 0.169. The average molecular weight is 238 g/mol. The standard InChI is InChI=1S/C12H9ClFNO/c13-7-3-8-11(16)5-10(6-1-2-6)15-12(8)9(14)4-7/h3-6H,1-2H2,(H,15,16). The van der Waals surface area contributed by atoms with Crippen molar-refractivity contribution >= 4 is 22.5 Å². The van der Waals surface area contributed by atoms with Gasteiger partial charge in [-0.3, -0.25) is 4.79 Å². The number of pyridine rings is 1. The average Bonchev–Trinajstić information content (AvgIpc) is 3.02. The Kier molecular flexibility index (Phi) is 2.04. The molecule has 0 saturated heterocycles. The van der Waals surface area contributed by atoms with Crippen LogP contribution >= 0.6 is 11.6 Å². The SMILES string of the molecule is O=c1cc(C2CC2)[nH]c2c(F)cc(Cl)cc12. The third kappa shape index (κ3) is 1.52. The molecule has 1 heterocycles. The van der Waals surface area contributed by atoms with Crippen molar-refractivity contribution in [2.75, 3.05) is 0 Å². The van der Waals surface area contributed by atoms with Gasteiger partial charge < -0.3 is 4.98 Å². The molecule has 4 heteroatoms. The summed E-state index contributed by atoms with van der Waals surface area (Å²) in [7, 11) is 0. The Balaban J connectivity index is 2.37. The van der Waals surface area contributed by atoms with Gasteiger partial charge in [-0.2, -0.15) is 0 Å². The molecule has 1 fully saturated rings. The van der Waals surface area contributed by atoms with Gasteiger partial charge >= 0.3 is 0 Å². The van der Waals surface area contributed by atoms with Gasteiger partial charge in [0.15, 0.2) is 5.43 Å². The first-order valence-corrected chi connectivity index (χ1v) is 5.55. The van der Waals surface area contributed by atoms with E-state index in [1.807, 2.05) is 0 Å². The Labute approximate surface area is 96.1 Å². The molecule has 2 nitrogen and oxygen atoms in total. The van der Waals surface area contributed by atoms with Gasteiger partial charge in [0.25, 0.3) is 0 Å². The lowest BCUT2D eigenvalue weighted by molar-refractivity contribution is 0.636. The molecule has 0 spiro atoms. The zero-order chi connectivity index (χ0) is 11.3. The number of aromatic amines is 1. The first kappa shape index (κ1) is 9.85. The number of aromatic nitrogens is 1. The fourth-order valence-electron chi connectivity index (χ4n) is 1.91. The molecule has 0 bridgehead atoms. The van der Waals surface area contributed by atoms with Crippen LogP contribution in [0.4, 0.5) is 4.39 Å². The smallest absolute Gasteiger partial charge is 0.189 e. The number of halogens is 2. The number of nitrogens with one attached hydrogen (secondary N) is 1. The van der Waals surface area contributed by atoms with Crippen molar-refractivity contribution in [3.8, 4) is 0 Å². The number of hydrogen-bond acceptors (Lipinski definition) is 1. The van der Waals surface area contributed by atoms with Crippen LogP contribution in [0.25, 0.3) is 10.9 Å². The molecule has 1 N–H and O–H groups in total. The van der Waals surface area contributed by atoms with Crippen LogP contribution in [0.1, 0.15) is 24.5 Å². The van der Waals surface area contributed by atoms with E-state index in [1.165, 1.54) is 12.1 Å². The Morgan fingerprint density at radius 1 is 1.31 bits per heavy atom. The summed E-state index contributed by atoms with van der Waals surface area (Å²) >= 11 is 5.72. The van der Waals surface area contributed by atoms with E-state index in [2.05, 4.69) is 4.98 Å². The number of hydrogen-bond donors (Lipinski definition) is 1. The van der Waals surface area contributed by atoms with Crippen molar-refractivity contribution in [2.24, 2.45) is 0 Å². The van der Waals surface area contributed by atoms with E-state index in [0.717, 1.165) is 18.5 Å². The molecule has 1 aliphatic rings. The number of H-pyrrole nitrogens is 1. The summed E-state index contributed by atoms with van der Waals surface area (Å²) in [5, 5.41) is 0.559. The highest BCUT2D eigenvalue weighted by Gasteiger charge is 2.25. The lowest BCUT2D eigenvalue weighted by Crippen LogP contribution is -2.05. The largest absolute Gasteiger partial charge is 0.356 e. The predicted octanol–water partition coefficient (Wildman–Crippen LogP) is 3.20. The number of fused-ring (bicyclic) bond motifs is 1. The van der Waals surface area contributed by atoms with Crippen molar-refractivity contribution in [1.29, 1.82) is 0 Å². The molecule has 2 aromatic rings. The van der Waals surface area contributed by atoms with Crippen molar-refractivity contribution in [1.82, 2.24) is 4.98 Å². The highest BCUT2D eigenvalue weighted by atomic mass is 35.5. The summed E-state index contributed by atoms with van der Waals surface area (Å²) in [6.07, 6.45) is 2.13. The number of benzene rings is 1. The lowest BCUT2D eigenvalue weighted by atomic mass is 10.1. The molecule has 82 valence electrons. The highest BCUT2D eigenvalue weighted by Crippen LogP contribution is 2.39. The monoisotopic (exact) mass is 237 g/mol. The maximum absolute atomic E-state index is 13.6. The maximum atomic E-state index is 13.6. The predicted molar refractivity (Wildman–Crippen MR) is 61.5 cm³/mol. The second-order valence-electron chi connectivity index (χ2n) is 4.17. The first-order chi connectivity index (χ1) is 7.65. The van der Waals surface area contributed by atoms with Crippen LogP contribution in [-0.4, -0.2) is 4.98 Å². The van der Waals surface area contributed by atoms with E-state index in [1.54, 1.807) is 6.07 Å². The van der Waals surface area contributed by atoms with Gasteiger partial charge in [-0.25, -0.2) is 4.39 Å². The fourth-order valence-corrected chi connectivity index (χ4v) is 2.11. The molecular weight excluding hydrogens is 229 g/mol. The normalized spacial score (nSPS) is 15.6. The van der Waals surface area contributed by atoms with Gasteiger partial charge in [-0.1, -0.05) is 11.6 Å². The Hall–Kier alpha value is -1.35. The van der Waals surface area contributed by atoms with Crippen LogP contribution in [0.2, 0.25) is 5.02 Å². The summed E-state index contributed by atoms with van der Waals surface area (Å²) in [6, 6.07) is 4.27. The van der Waals surface area contributed by atoms with Crippen molar-refractivity contribution in [3.05, 3.63) is 45.0 Å². The third-order valence-electron chi connectivity index (χ3n) is 2.89. The van der Waals surface area contributed by atoms with E-state index in [9.17, 15) is 9.18 Å². The number of rotatable bonds is 1. The van der Waals surface area contributed by atoms with Crippen LogP contribution in [0.3, 0.4) is 0 Å². The summed E-state index contributed by atoms with van der Waals surface area (Å²) in [4.78, 5) is 14.8. The van der Waals surface area contributed by atoms with Gasteiger partial charge in [0.2, 0.25) is 0 Å². The van der Waals surface area contributed by atoms with Gasteiger partial charge in [0.1, 0.15) is 5.82 Å². The zero-order valence-electron chi connectivity index (χ0n) is 8.39. The van der Waals surface area contributed by atoms with Crippen LogP contribution in [0.15, 0.2) is 23.0 Å². The third-order valence-corrected chi connectivity index (χ3v) is 3.11. The second kappa shape index (κ2) is 3.32. The molecule has 1 aromatic carbocycles. The zero-order valence-corrected chi connectivity index (χ0v) is 9.14. The molecular formula is C12H9ClFNO. The van der Waals surface area contributed by atoms with Gasteiger partial charge in [0, 0.05) is 22.2 Å². The first-order valence-electron chi connectivity index (χ1n) is 5.17. The van der Waals surface area contributed by atoms with Crippen molar-refractivity contribution < 1.29 is 4.39 Å². The van der Waals surface area contributed by atoms with E-state index in [4.69, 9.17) is 11.6 Å². The van der Waals surface area contributed by atoms with E-state index in [0.29, 0.717) is 11.3 Å².